The number of amides is 1. The van der Waals surface area contributed by atoms with Gasteiger partial charge >= 0.3 is 0 Å². The lowest BCUT2D eigenvalue weighted by Crippen LogP contribution is -2.12. The number of hydrogen-bond donors (Lipinski definition) is 1. The monoisotopic (exact) mass is 388 g/mol. The second-order valence-corrected chi connectivity index (χ2v) is 6.94. The Balaban J connectivity index is 1.68. The van der Waals surface area contributed by atoms with E-state index in [9.17, 15) is 4.79 Å². The van der Waals surface area contributed by atoms with Crippen molar-refractivity contribution in [2.45, 2.75) is 13.5 Å². The highest BCUT2D eigenvalue weighted by Gasteiger charge is 2.10. The van der Waals surface area contributed by atoms with E-state index in [0.29, 0.717) is 34.4 Å². The molecule has 0 aliphatic carbocycles. The maximum atomic E-state index is 12.5. The van der Waals surface area contributed by atoms with E-state index in [2.05, 4.69) is 10.3 Å². The molecule has 0 saturated carbocycles. The topological polar surface area (TPSA) is 60.5 Å². The molecule has 0 saturated heterocycles. The van der Waals surface area contributed by atoms with Gasteiger partial charge in [-0.15, -0.1) is 11.3 Å². The summed E-state index contributed by atoms with van der Waals surface area (Å²) in [5, 5.41) is 6.15. The van der Waals surface area contributed by atoms with Crippen LogP contribution in [-0.4, -0.2) is 18.0 Å². The van der Waals surface area contributed by atoms with E-state index in [4.69, 9.17) is 21.1 Å². The van der Waals surface area contributed by atoms with Crippen LogP contribution in [0.4, 0.5) is 5.69 Å². The molecule has 1 heterocycles. The number of aryl methyl sites for hydroxylation is 1. The summed E-state index contributed by atoms with van der Waals surface area (Å²) in [6.45, 7) is 2.31. The summed E-state index contributed by atoms with van der Waals surface area (Å²) in [7, 11) is 1.56. The van der Waals surface area contributed by atoms with Crippen molar-refractivity contribution >= 4 is 34.5 Å². The van der Waals surface area contributed by atoms with E-state index >= 15 is 0 Å². The zero-order valence-corrected chi connectivity index (χ0v) is 15.9. The Hall–Kier alpha value is -2.57. The fraction of sp³-hybridized carbons (Fsp3) is 0.158. The third-order valence-corrected chi connectivity index (χ3v) is 4.71. The van der Waals surface area contributed by atoms with Crippen LogP contribution in [0.15, 0.2) is 47.8 Å². The Kier molecular flexibility index (Phi) is 5.75. The van der Waals surface area contributed by atoms with Crippen molar-refractivity contribution in [2.24, 2.45) is 0 Å². The Morgan fingerprint density at radius 2 is 2.08 bits per heavy atom. The first kappa shape index (κ1) is 18.2. The average Bonchev–Trinajstić information content (AvgIpc) is 3.07. The zero-order chi connectivity index (χ0) is 18.5. The average molecular weight is 389 g/mol. The van der Waals surface area contributed by atoms with Gasteiger partial charge in [0.15, 0.2) is 0 Å². The van der Waals surface area contributed by atoms with E-state index in [1.54, 1.807) is 60.9 Å². The third kappa shape index (κ3) is 4.53. The number of carbonyl (C=O) groups is 1. The van der Waals surface area contributed by atoms with Crippen LogP contribution in [0.3, 0.4) is 0 Å². The molecular formula is C19H17ClN2O3S. The summed E-state index contributed by atoms with van der Waals surface area (Å²) in [5.74, 6) is 0.955. The third-order valence-electron chi connectivity index (χ3n) is 3.57. The minimum atomic E-state index is -0.271. The molecule has 3 aromatic rings. The molecule has 0 spiro atoms. The van der Waals surface area contributed by atoms with Gasteiger partial charge in [0.2, 0.25) is 0 Å². The van der Waals surface area contributed by atoms with Gasteiger partial charge < -0.3 is 14.8 Å². The van der Waals surface area contributed by atoms with Crippen molar-refractivity contribution in [1.29, 1.82) is 0 Å². The first-order chi connectivity index (χ1) is 12.5. The van der Waals surface area contributed by atoms with Crippen LogP contribution >= 0.6 is 22.9 Å². The molecule has 5 nitrogen and oxygen atoms in total. The molecule has 0 atom stereocenters. The maximum absolute atomic E-state index is 12.5. The number of halogens is 1. The van der Waals surface area contributed by atoms with Crippen LogP contribution in [0, 0.1) is 6.92 Å². The maximum Gasteiger partial charge on any atom is 0.255 e. The second-order valence-electron chi connectivity index (χ2n) is 5.47. The molecule has 0 aliphatic heterocycles. The highest BCUT2D eigenvalue weighted by molar-refractivity contribution is 7.09. The standard InChI is InChI=1S/C19H17ClN2O3S/c1-12-21-14(11-26-12)10-25-16-5-3-4-13(8-16)19(23)22-18-7-6-15(24-2)9-17(18)20/h3-9,11H,10H2,1-2H3,(H,22,23). The molecular weight excluding hydrogens is 372 g/mol. The van der Waals surface area contributed by atoms with Crippen molar-refractivity contribution in [3.05, 3.63) is 69.1 Å². The number of nitrogens with one attached hydrogen (secondary N) is 1. The fourth-order valence-corrected chi connectivity index (χ4v) is 3.09. The molecule has 1 aromatic heterocycles. The molecule has 0 bridgehead atoms. The number of carbonyl (C=O) groups excluding carboxylic acids is 1. The van der Waals surface area contributed by atoms with Crippen molar-refractivity contribution in [2.75, 3.05) is 12.4 Å². The van der Waals surface area contributed by atoms with Crippen molar-refractivity contribution < 1.29 is 14.3 Å². The summed E-state index contributed by atoms with van der Waals surface area (Å²) >= 11 is 7.74. The van der Waals surface area contributed by atoms with Crippen molar-refractivity contribution in [3.8, 4) is 11.5 Å². The number of aromatic nitrogens is 1. The van der Waals surface area contributed by atoms with Gasteiger partial charge in [-0.1, -0.05) is 17.7 Å². The molecule has 134 valence electrons. The largest absolute Gasteiger partial charge is 0.497 e. The fourth-order valence-electron chi connectivity index (χ4n) is 2.28. The number of benzene rings is 2. The van der Waals surface area contributed by atoms with E-state index in [0.717, 1.165) is 10.7 Å². The van der Waals surface area contributed by atoms with Crippen LogP contribution in [0.25, 0.3) is 0 Å². The molecule has 2 aromatic carbocycles. The number of nitrogens with zero attached hydrogens (tertiary/aromatic N) is 1. The number of hydrogen-bond acceptors (Lipinski definition) is 5. The van der Waals surface area contributed by atoms with Crippen molar-refractivity contribution in [1.82, 2.24) is 4.98 Å². The number of ether oxygens (including phenoxy) is 2. The predicted molar refractivity (Wildman–Crippen MR) is 104 cm³/mol. The van der Waals surface area contributed by atoms with Gasteiger partial charge in [-0.05, 0) is 37.3 Å². The number of anilines is 1. The Labute approximate surface area is 160 Å². The first-order valence-electron chi connectivity index (χ1n) is 7.84. The van der Waals surface area contributed by atoms with Gasteiger partial charge in [0.1, 0.15) is 18.1 Å². The molecule has 1 amide bonds. The van der Waals surface area contributed by atoms with Gasteiger partial charge in [0.25, 0.3) is 5.91 Å². The quantitative estimate of drug-likeness (QED) is 0.649. The molecule has 0 aliphatic rings. The van der Waals surface area contributed by atoms with E-state index in [1.807, 2.05) is 12.3 Å². The normalized spacial score (nSPS) is 10.4. The molecule has 26 heavy (non-hydrogen) atoms. The number of methoxy groups -OCH3 is 1. The van der Waals surface area contributed by atoms with Gasteiger partial charge in [-0.3, -0.25) is 4.79 Å². The molecule has 0 fully saturated rings. The molecule has 0 radical (unpaired) electrons. The van der Waals surface area contributed by atoms with Gasteiger partial charge in [0, 0.05) is 17.0 Å². The van der Waals surface area contributed by atoms with Gasteiger partial charge in [-0.2, -0.15) is 0 Å². The second kappa shape index (κ2) is 8.21. The van der Waals surface area contributed by atoms with Crippen LogP contribution in [0.1, 0.15) is 21.1 Å². The molecule has 7 heteroatoms. The lowest BCUT2D eigenvalue weighted by Gasteiger charge is -2.10. The smallest absolute Gasteiger partial charge is 0.255 e. The van der Waals surface area contributed by atoms with Gasteiger partial charge in [0.05, 0.1) is 28.5 Å². The highest BCUT2D eigenvalue weighted by atomic mass is 35.5. The summed E-state index contributed by atoms with van der Waals surface area (Å²) in [4.78, 5) is 16.8. The first-order valence-corrected chi connectivity index (χ1v) is 9.09. The zero-order valence-electron chi connectivity index (χ0n) is 14.3. The highest BCUT2D eigenvalue weighted by Crippen LogP contribution is 2.27. The molecule has 1 N–H and O–H groups in total. The van der Waals surface area contributed by atoms with Crippen LogP contribution < -0.4 is 14.8 Å². The van der Waals surface area contributed by atoms with Crippen molar-refractivity contribution in [3.63, 3.8) is 0 Å². The summed E-state index contributed by atoms with van der Waals surface area (Å²) < 4.78 is 10.8. The number of thiazole rings is 1. The summed E-state index contributed by atoms with van der Waals surface area (Å²) in [5.41, 5.74) is 1.86. The molecule has 0 unspecified atom stereocenters. The minimum Gasteiger partial charge on any atom is -0.497 e. The Morgan fingerprint density at radius 3 is 2.77 bits per heavy atom. The Morgan fingerprint density at radius 1 is 1.23 bits per heavy atom. The Bertz CT molecular complexity index is 927. The van der Waals surface area contributed by atoms with Crippen LogP contribution in [-0.2, 0) is 6.61 Å². The van der Waals surface area contributed by atoms with E-state index < -0.39 is 0 Å². The van der Waals surface area contributed by atoms with E-state index in [1.165, 1.54) is 0 Å². The predicted octanol–water partition coefficient (Wildman–Crippen LogP) is 4.94. The lowest BCUT2D eigenvalue weighted by atomic mass is 10.2. The van der Waals surface area contributed by atoms with Gasteiger partial charge in [-0.25, -0.2) is 4.98 Å². The van der Waals surface area contributed by atoms with Crippen LogP contribution in [0.2, 0.25) is 5.02 Å². The summed E-state index contributed by atoms with van der Waals surface area (Å²) in [6.07, 6.45) is 0. The SMILES string of the molecule is COc1ccc(NC(=O)c2cccc(OCc3csc(C)n3)c2)c(Cl)c1. The molecule has 3 rings (SSSR count). The van der Waals surface area contributed by atoms with Crippen LogP contribution in [0.5, 0.6) is 11.5 Å². The summed E-state index contributed by atoms with van der Waals surface area (Å²) in [6, 6.07) is 12.1. The number of rotatable bonds is 6. The van der Waals surface area contributed by atoms with E-state index in [-0.39, 0.29) is 5.91 Å². The lowest BCUT2D eigenvalue weighted by molar-refractivity contribution is 0.102. The minimum absolute atomic E-state index is 0.271.